The van der Waals surface area contributed by atoms with Gasteiger partial charge in [0, 0.05) is 30.6 Å². The number of hydrogen-bond donors (Lipinski definition) is 0. The minimum Gasteiger partial charge on any atom is -0.353 e. The van der Waals surface area contributed by atoms with Gasteiger partial charge in [0.2, 0.25) is 0 Å². The van der Waals surface area contributed by atoms with Crippen LogP contribution in [0.25, 0.3) is 0 Å². The number of Topliss-reactive ketones (excluding diaryl/α,β-unsaturated/α-hetero) is 2. The fourth-order valence-electron chi connectivity index (χ4n) is 8.86. The third-order valence-electron chi connectivity index (χ3n) is 11.3. The molecule has 0 aromatic heterocycles. The molecule has 4 saturated carbocycles. The number of ether oxygens (including phenoxy) is 1. The molecule has 0 N–H and O–H groups in total. The molecule has 0 radical (unpaired) electrons. The van der Waals surface area contributed by atoms with E-state index in [1.54, 1.807) is 0 Å². The van der Waals surface area contributed by atoms with Crippen molar-refractivity contribution in [3.8, 4) is 0 Å². The Morgan fingerprint density at radius 2 is 1.71 bits per heavy atom. The van der Waals surface area contributed by atoms with Gasteiger partial charge in [-0.1, -0.05) is 53.7 Å². The van der Waals surface area contributed by atoms with Crippen molar-refractivity contribution in [2.45, 2.75) is 104 Å². The number of rotatable bonds is 4. The first-order chi connectivity index (χ1) is 14.5. The van der Waals surface area contributed by atoms with Crippen molar-refractivity contribution in [1.29, 1.82) is 0 Å². The molecule has 5 fully saturated rings. The maximum absolute atomic E-state index is 13.7. The summed E-state index contributed by atoms with van der Waals surface area (Å²) >= 11 is 0. The number of fused-ring (bicyclic) bond motifs is 2. The molecule has 0 amide bonds. The van der Waals surface area contributed by atoms with E-state index in [0.29, 0.717) is 60.4 Å². The highest BCUT2D eigenvalue weighted by atomic mass is 16.6. The zero-order valence-corrected chi connectivity index (χ0v) is 20.5. The lowest BCUT2D eigenvalue weighted by molar-refractivity contribution is -0.149. The molecule has 3 heteroatoms. The minimum atomic E-state index is -0.547. The molecule has 5 aliphatic rings. The molecule has 2 spiro atoms. The highest BCUT2D eigenvalue weighted by Crippen LogP contribution is 2.80. The fourth-order valence-corrected chi connectivity index (χ4v) is 8.86. The van der Waals surface area contributed by atoms with Crippen molar-refractivity contribution >= 4 is 11.6 Å². The average molecular weight is 427 g/mol. The first kappa shape index (κ1) is 21.9. The van der Waals surface area contributed by atoms with Gasteiger partial charge in [-0.25, -0.2) is 0 Å². The molecular formula is C28H42O3. The Morgan fingerprint density at radius 3 is 2.42 bits per heavy atom. The molecule has 1 aliphatic heterocycles. The largest absolute Gasteiger partial charge is 0.353 e. The Labute approximate surface area is 188 Å². The van der Waals surface area contributed by atoms with Crippen LogP contribution in [0.5, 0.6) is 0 Å². The molecule has 1 saturated heterocycles. The van der Waals surface area contributed by atoms with E-state index in [9.17, 15) is 9.59 Å². The van der Waals surface area contributed by atoms with Crippen LogP contribution in [0.3, 0.4) is 0 Å². The molecule has 5 rings (SSSR count). The van der Waals surface area contributed by atoms with Crippen LogP contribution in [0.4, 0.5) is 0 Å². The Hall–Kier alpha value is -0.960. The van der Waals surface area contributed by atoms with Crippen LogP contribution in [-0.4, -0.2) is 22.8 Å². The van der Waals surface area contributed by atoms with E-state index in [1.807, 2.05) is 0 Å². The summed E-state index contributed by atoms with van der Waals surface area (Å²) in [7, 11) is 0. The Balaban J connectivity index is 1.44. The maximum atomic E-state index is 13.7. The van der Waals surface area contributed by atoms with Crippen molar-refractivity contribution in [2.75, 3.05) is 0 Å². The van der Waals surface area contributed by atoms with Crippen LogP contribution in [0, 0.1) is 46.3 Å². The molecule has 0 bridgehead atoms. The van der Waals surface area contributed by atoms with Gasteiger partial charge in [0.1, 0.15) is 11.4 Å². The van der Waals surface area contributed by atoms with Gasteiger partial charge in [0.15, 0.2) is 11.4 Å². The van der Waals surface area contributed by atoms with Crippen LogP contribution in [0.1, 0.15) is 92.9 Å². The maximum Gasteiger partial charge on any atom is 0.168 e. The van der Waals surface area contributed by atoms with Crippen molar-refractivity contribution in [3.63, 3.8) is 0 Å². The van der Waals surface area contributed by atoms with E-state index >= 15 is 0 Å². The number of ketones is 2. The molecule has 172 valence electrons. The number of carbonyl (C=O) groups is 2. The predicted octanol–water partition coefficient (Wildman–Crippen LogP) is 6.15. The summed E-state index contributed by atoms with van der Waals surface area (Å²) in [5, 5.41) is 0. The molecule has 1 unspecified atom stereocenters. The van der Waals surface area contributed by atoms with Crippen LogP contribution >= 0.6 is 0 Å². The number of epoxide rings is 1. The second-order valence-corrected chi connectivity index (χ2v) is 12.7. The fraction of sp³-hybridized carbons (Fsp3) is 0.857. The molecule has 0 aromatic rings. The summed E-state index contributed by atoms with van der Waals surface area (Å²) in [5.41, 5.74) is -0.623. The Bertz CT molecular complexity index is 828. The molecule has 1 heterocycles. The molecule has 3 nitrogen and oxygen atoms in total. The molecule has 31 heavy (non-hydrogen) atoms. The highest BCUT2D eigenvalue weighted by molar-refractivity contribution is 5.95. The lowest BCUT2D eigenvalue weighted by Gasteiger charge is -2.56. The first-order valence-electron chi connectivity index (χ1n) is 13.0. The van der Waals surface area contributed by atoms with E-state index in [1.165, 1.54) is 6.42 Å². The summed E-state index contributed by atoms with van der Waals surface area (Å²) in [5.74, 6) is 3.57. The smallest absolute Gasteiger partial charge is 0.168 e. The molecule has 4 aliphatic carbocycles. The topological polar surface area (TPSA) is 46.7 Å². The van der Waals surface area contributed by atoms with Crippen LogP contribution < -0.4 is 0 Å². The van der Waals surface area contributed by atoms with E-state index in [0.717, 1.165) is 25.7 Å². The van der Waals surface area contributed by atoms with Crippen LogP contribution in [-0.2, 0) is 14.3 Å². The SMILES string of the molecule is CC(C)[C@@H](C)/C=C/[C@@H](C)[C@H]1CC[C@@]23O[C@]24C(=O)CC2CC(=O)CC[C@]2(C)[C@H]4CC[C@]13C. The van der Waals surface area contributed by atoms with Crippen molar-refractivity contribution < 1.29 is 14.3 Å². The predicted molar refractivity (Wildman–Crippen MR) is 122 cm³/mol. The standard InChI is InChI=1S/C28H42O3/c1-17(2)18(3)7-8-19(4)22-10-14-27-26(22,6)13-11-23-25(5)12-9-21(29)15-20(25)16-24(30)28(23,27)31-27/h7-8,17-20,22-23H,9-16H2,1-6H3/b8-7+/t18-,19+,20?,22+,23+,25-,26+,27-,28+/m0/s1. The number of hydrogen-bond acceptors (Lipinski definition) is 3. The summed E-state index contributed by atoms with van der Waals surface area (Å²) in [4.78, 5) is 25.9. The van der Waals surface area contributed by atoms with Gasteiger partial charge >= 0.3 is 0 Å². The zero-order valence-electron chi connectivity index (χ0n) is 20.5. The van der Waals surface area contributed by atoms with Gasteiger partial charge in [0.05, 0.1) is 0 Å². The van der Waals surface area contributed by atoms with Crippen LogP contribution in [0.2, 0.25) is 0 Å². The van der Waals surface area contributed by atoms with Gasteiger partial charge in [-0.2, -0.15) is 0 Å². The minimum absolute atomic E-state index is 0.0810. The van der Waals surface area contributed by atoms with Gasteiger partial charge in [-0.15, -0.1) is 0 Å². The van der Waals surface area contributed by atoms with Crippen molar-refractivity contribution in [3.05, 3.63) is 12.2 Å². The van der Waals surface area contributed by atoms with Gasteiger partial charge in [-0.3, -0.25) is 9.59 Å². The third-order valence-corrected chi connectivity index (χ3v) is 11.3. The van der Waals surface area contributed by atoms with E-state index in [4.69, 9.17) is 4.74 Å². The van der Waals surface area contributed by atoms with Gasteiger partial charge in [0.25, 0.3) is 0 Å². The number of carbonyl (C=O) groups excluding carboxylic acids is 2. The summed E-state index contributed by atoms with van der Waals surface area (Å²) < 4.78 is 6.82. The third kappa shape index (κ3) is 2.62. The Morgan fingerprint density at radius 1 is 0.968 bits per heavy atom. The summed E-state index contributed by atoms with van der Waals surface area (Å²) in [6, 6.07) is 0. The first-order valence-corrected chi connectivity index (χ1v) is 13.0. The van der Waals surface area contributed by atoms with E-state index in [2.05, 4.69) is 53.7 Å². The zero-order chi connectivity index (χ0) is 22.4. The Kier molecular flexibility index (Phi) is 4.78. The summed E-state index contributed by atoms with van der Waals surface area (Å²) in [6.07, 6.45) is 12.1. The second kappa shape index (κ2) is 6.78. The monoisotopic (exact) mass is 426 g/mol. The van der Waals surface area contributed by atoms with Gasteiger partial charge in [-0.05, 0) is 67.1 Å². The lowest BCUT2D eigenvalue weighted by atomic mass is 9.44. The van der Waals surface area contributed by atoms with Gasteiger partial charge < -0.3 is 4.74 Å². The second-order valence-electron chi connectivity index (χ2n) is 12.7. The quantitative estimate of drug-likeness (QED) is 0.400. The van der Waals surface area contributed by atoms with Crippen molar-refractivity contribution in [1.82, 2.24) is 0 Å². The highest BCUT2D eigenvalue weighted by Gasteiger charge is 2.89. The summed E-state index contributed by atoms with van der Waals surface area (Å²) in [6.45, 7) is 14.1. The average Bonchev–Trinajstić information content (AvgIpc) is 3.31. The lowest BCUT2D eigenvalue weighted by Crippen LogP contribution is -2.62. The normalized spacial score (nSPS) is 50.6. The van der Waals surface area contributed by atoms with E-state index in [-0.39, 0.29) is 22.3 Å². The number of allylic oxidation sites excluding steroid dienone is 2. The molecule has 9 atom stereocenters. The van der Waals surface area contributed by atoms with E-state index < -0.39 is 5.60 Å². The molecular weight excluding hydrogens is 384 g/mol. The molecule has 0 aromatic carbocycles. The van der Waals surface area contributed by atoms with Crippen LogP contribution in [0.15, 0.2) is 12.2 Å². The van der Waals surface area contributed by atoms with Crippen molar-refractivity contribution in [2.24, 2.45) is 46.3 Å².